The number of hydrogen-bond donors (Lipinski definition) is 1. The maximum absolute atomic E-state index is 14.4. The topological polar surface area (TPSA) is 50.2 Å². The van der Waals surface area contributed by atoms with Gasteiger partial charge in [0.2, 0.25) is 5.91 Å². The Morgan fingerprint density at radius 1 is 1.23 bits per heavy atom. The van der Waals surface area contributed by atoms with Crippen LogP contribution in [0.1, 0.15) is 48.4 Å². The van der Waals surface area contributed by atoms with Crippen molar-refractivity contribution in [2.75, 3.05) is 11.9 Å². The Balaban J connectivity index is 1.70. The third kappa shape index (κ3) is 4.00. The molecule has 1 unspecified atom stereocenters. The Labute approximate surface area is 176 Å². The maximum atomic E-state index is 14.4. The molecule has 3 aromatic rings. The van der Waals surface area contributed by atoms with E-state index in [1.54, 1.807) is 12.1 Å². The number of amides is 1. The highest BCUT2D eigenvalue weighted by Crippen LogP contribution is 2.33. The number of fused-ring (bicyclic) bond motifs is 1. The molecule has 1 atom stereocenters. The van der Waals surface area contributed by atoms with Crippen molar-refractivity contribution in [3.05, 3.63) is 83.2 Å². The van der Waals surface area contributed by atoms with Crippen LogP contribution >= 0.6 is 0 Å². The van der Waals surface area contributed by atoms with Gasteiger partial charge in [-0.05, 0) is 44.0 Å². The smallest absolute Gasteiger partial charge is 0.248 e. The van der Waals surface area contributed by atoms with Crippen LogP contribution in [-0.4, -0.2) is 26.9 Å². The van der Waals surface area contributed by atoms with Gasteiger partial charge in [0.25, 0.3) is 0 Å². The van der Waals surface area contributed by atoms with Crippen LogP contribution in [0.25, 0.3) is 0 Å². The number of aryl methyl sites for hydroxylation is 1. The van der Waals surface area contributed by atoms with Crippen LogP contribution < -0.4 is 5.32 Å². The van der Waals surface area contributed by atoms with Crippen molar-refractivity contribution in [2.24, 2.45) is 0 Å². The second kappa shape index (κ2) is 8.40. The Morgan fingerprint density at radius 2 is 2.00 bits per heavy atom. The molecule has 156 valence electrons. The van der Waals surface area contributed by atoms with E-state index in [4.69, 9.17) is 0 Å². The summed E-state index contributed by atoms with van der Waals surface area (Å²) in [6.07, 6.45) is 2.60. The van der Waals surface area contributed by atoms with E-state index < -0.39 is 11.9 Å². The summed E-state index contributed by atoms with van der Waals surface area (Å²) < 4.78 is 16.5. The molecule has 1 aliphatic rings. The van der Waals surface area contributed by atoms with Crippen LogP contribution in [-0.2, 0) is 17.8 Å². The fourth-order valence-corrected chi connectivity index (χ4v) is 4.06. The van der Waals surface area contributed by atoms with Gasteiger partial charge < -0.3 is 9.88 Å². The van der Waals surface area contributed by atoms with Crippen LogP contribution in [0.2, 0.25) is 0 Å². The average molecular weight is 407 g/mol. The van der Waals surface area contributed by atoms with Crippen molar-refractivity contribution >= 4 is 11.6 Å². The van der Waals surface area contributed by atoms with Gasteiger partial charge in [-0.1, -0.05) is 36.4 Å². The maximum Gasteiger partial charge on any atom is 0.248 e. The summed E-state index contributed by atoms with van der Waals surface area (Å²) >= 11 is 0. The van der Waals surface area contributed by atoms with Gasteiger partial charge in [0.15, 0.2) is 0 Å². The fourth-order valence-electron chi connectivity index (χ4n) is 4.06. The quantitative estimate of drug-likeness (QED) is 0.671. The predicted octanol–water partition coefficient (Wildman–Crippen LogP) is 4.65. The molecule has 0 radical (unpaired) electrons. The molecule has 4 rings (SSSR count). The van der Waals surface area contributed by atoms with E-state index in [0.717, 1.165) is 28.9 Å². The fraction of sp³-hybridized carbons (Fsp3) is 0.333. The average Bonchev–Trinajstić information content (AvgIpc) is 3.15. The van der Waals surface area contributed by atoms with Crippen LogP contribution in [0, 0.1) is 12.7 Å². The van der Waals surface area contributed by atoms with E-state index >= 15 is 0 Å². The first-order valence-corrected chi connectivity index (χ1v) is 10.3. The lowest BCUT2D eigenvalue weighted by atomic mass is 9.99. The van der Waals surface area contributed by atoms with Gasteiger partial charge in [-0.3, -0.25) is 9.69 Å². The normalized spacial score (nSPS) is 16.5. The monoisotopic (exact) mass is 406 g/mol. The molecule has 0 spiro atoms. The van der Waals surface area contributed by atoms with Crippen LogP contribution in [0.15, 0.2) is 54.9 Å². The summed E-state index contributed by atoms with van der Waals surface area (Å²) in [4.78, 5) is 20.2. The molecule has 2 aromatic carbocycles. The summed E-state index contributed by atoms with van der Waals surface area (Å²) in [7, 11) is 0. The largest absolute Gasteiger partial charge is 0.330 e. The van der Waals surface area contributed by atoms with Gasteiger partial charge in [-0.15, -0.1) is 0 Å². The standard InChI is InChI=1S/C24H27FN4O/c1-16(2)29-15-26-21-11-12-28(14-18-7-5-4-6-8-18)23(22(21)29)24(30)27-20-10-9-17(3)13-19(20)25/h4-10,13,15-16,23H,11-12,14H2,1-3H3,(H,27,30). The number of hydrogen-bond acceptors (Lipinski definition) is 3. The number of anilines is 1. The summed E-state index contributed by atoms with van der Waals surface area (Å²) in [5.74, 6) is -0.664. The molecular formula is C24H27FN4O. The Morgan fingerprint density at radius 3 is 2.70 bits per heavy atom. The molecule has 0 saturated heterocycles. The number of halogens is 1. The number of aromatic nitrogens is 2. The molecule has 0 fully saturated rings. The molecule has 1 aliphatic heterocycles. The van der Waals surface area contributed by atoms with Gasteiger partial charge in [0, 0.05) is 25.6 Å². The lowest BCUT2D eigenvalue weighted by molar-refractivity contribution is -0.122. The second-order valence-electron chi connectivity index (χ2n) is 8.16. The molecule has 1 N–H and O–H groups in total. The van der Waals surface area contributed by atoms with E-state index in [2.05, 4.69) is 45.7 Å². The number of nitrogens with zero attached hydrogens (tertiary/aromatic N) is 3. The van der Waals surface area contributed by atoms with Crippen molar-refractivity contribution in [3.8, 4) is 0 Å². The van der Waals surface area contributed by atoms with Crippen molar-refractivity contribution in [2.45, 2.75) is 45.8 Å². The molecule has 0 bridgehead atoms. The van der Waals surface area contributed by atoms with E-state index in [1.165, 1.54) is 6.07 Å². The molecule has 0 aliphatic carbocycles. The van der Waals surface area contributed by atoms with Gasteiger partial charge in [0.1, 0.15) is 11.9 Å². The van der Waals surface area contributed by atoms with Crippen molar-refractivity contribution < 1.29 is 9.18 Å². The van der Waals surface area contributed by atoms with Crippen molar-refractivity contribution in [1.29, 1.82) is 0 Å². The molecule has 30 heavy (non-hydrogen) atoms. The Hall–Kier alpha value is -2.99. The van der Waals surface area contributed by atoms with Crippen LogP contribution in [0.4, 0.5) is 10.1 Å². The minimum absolute atomic E-state index is 0.171. The third-order valence-corrected chi connectivity index (χ3v) is 5.59. The van der Waals surface area contributed by atoms with Crippen molar-refractivity contribution in [1.82, 2.24) is 14.5 Å². The van der Waals surface area contributed by atoms with Crippen LogP contribution in [0.3, 0.4) is 0 Å². The molecule has 2 heterocycles. The molecule has 0 saturated carbocycles. The summed E-state index contributed by atoms with van der Waals surface area (Å²) in [5, 5.41) is 2.82. The molecule has 5 nitrogen and oxygen atoms in total. The lowest BCUT2D eigenvalue weighted by Gasteiger charge is -2.36. The lowest BCUT2D eigenvalue weighted by Crippen LogP contribution is -2.43. The minimum Gasteiger partial charge on any atom is -0.330 e. The Kier molecular flexibility index (Phi) is 5.68. The minimum atomic E-state index is -0.542. The first-order chi connectivity index (χ1) is 14.4. The van der Waals surface area contributed by atoms with E-state index in [9.17, 15) is 9.18 Å². The van der Waals surface area contributed by atoms with Gasteiger partial charge in [-0.25, -0.2) is 9.37 Å². The summed E-state index contributed by atoms with van der Waals surface area (Å²) in [5.41, 5.74) is 3.99. The molecule has 1 aromatic heterocycles. The number of rotatable bonds is 5. The number of carbonyl (C=O) groups excluding carboxylic acids is 1. The highest BCUT2D eigenvalue weighted by atomic mass is 19.1. The molecule has 1 amide bonds. The highest BCUT2D eigenvalue weighted by molar-refractivity contribution is 5.95. The summed E-state index contributed by atoms with van der Waals surface area (Å²) in [6, 6.07) is 14.6. The summed E-state index contributed by atoms with van der Waals surface area (Å²) in [6.45, 7) is 7.33. The number of nitrogens with one attached hydrogen (secondary N) is 1. The van der Waals surface area contributed by atoms with Gasteiger partial charge in [-0.2, -0.15) is 0 Å². The predicted molar refractivity (Wildman–Crippen MR) is 116 cm³/mol. The SMILES string of the molecule is Cc1ccc(NC(=O)C2c3c(ncn3C(C)C)CCN2Cc2ccccc2)c(F)c1. The second-order valence-corrected chi connectivity index (χ2v) is 8.16. The number of imidazole rings is 1. The zero-order valence-electron chi connectivity index (χ0n) is 17.6. The molecular weight excluding hydrogens is 379 g/mol. The highest BCUT2D eigenvalue weighted by Gasteiger charge is 2.37. The van der Waals surface area contributed by atoms with Gasteiger partial charge >= 0.3 is 0 Å². The number of benzene rings is 2. The van der Waals surface area contributed by atoms with E-state index in [-0.39, 0.29) is 17.6 Å². The van der Waals surface area contributed by atoms with E-state index in [1.807, 2.05) is 31.5 Å². The third-order valence-electron chi connectivity index (χ3n) is 5.59. The first kappa shape index (κ1) is 20.3. The zero-order chi connectivity index (χ0) is 21.3. The first-order valence-electron chi connectivity index (χ1n) is 10.3. The number of carbonyl (C=O) groups is 1. The van der Waals surface area contributed by atoms with Gasteiger partial charge in [0.05, 0.1) is 23.4 Å². The van der Waals surface area contributed by atoms with Crippen LogP contribution in [0.5, 0.6) is 0 Å². The van der Waals surface area contributed by atoms with E-state index in [0.29, 0.717) is 13.1 Å². The molecule has 6 heteroatoms. The Bertz CT molecular complexity index is 1040. The zero-order valence-corrected chi connectivity index (χ0v) is 17.6. The van der Waals surface area contributed by atoms with Crippen molar-refractivity contribution in [3.63, 3.8) is 0 Å².